The first kappa shape index (κ1) is 33.8. The second-order valence-corrected chi connectivity index (χ2v) is 14.1. The fourth-order valence-electron chi connectivity index (χ4n) is 6.73. The molecule has 0 radical (unpaired) electrons. The summed E-state index contributed by atoms with van der Waals surface area (Å²) in [5.74, 6) is -2.09. The summed E-state index contributed by atoms with van der Waals surface area (Å²) in [4.78, 5) is 56.4. The molecule has 3 heterocycles. The number of nitrogens with zero attached hydrogens (tertiary/aromatic N) is 5. The first-order valence-corrected chi connectivity index (χ1v) is 16.9. The van der Waals surface area contributed by atoms with Gasteiger partial charge in [-0.1, -0.05) is 79.6 Å². The van der Waals surface area contributed by atoms with Gasteiger partial charge in [-0.05, 0) is 62.8 Å². The molecule has 0 spiro atoms. The van der Waals surface area contributed by atoms with Crippen molar-refractivity contribution in [1.82, 2.24) is 35.7 Å². The summed E-state index contributed by atoms with van der Waals surface area (Å²) in [5, 5.41) is 29.1. The zero-order chi connectivity index (χ0) is 34.8. The molecular formula is C36H43N7O6. The topological polar surface area (TPSA) is 169 Å². The number of tetrazole rings is 1. The SMILES string of the molecule is CC(C)(C)OC(=O)N[C@H]1CCCCC/C=C\[C@@H]2C[C@@]2(C(=O)O)NC(=O)[C@@H]2C[C@@H](n3nnc(-c4ccccc4-c4ccccc4)n3)CN2C1=O. The van der Waals surface area contributed by atoms with Gasteiger partial charge in [0.25, 0.3) is 0 Å². The van der Waals surface area contributed by atoms with E-state index >= 15 is 0 Å². The molecule has 13 heteroatoms. The molecular weight excluding hydrogens is 626 g/mol. The molecule has 2 fully saturated rings. The first-order valence-electron chi connectivity index (χ1n) is 16.9. The molecule has 2 aliphatic heterocycles. The van der Waals surface area contributed by atoms with Crippen LogP contribution >= 0.6 is 0 Å². The fourth-order valence-corrected chi connectivity index (χ4v) is 6.73. The van der Waals surface area contributed by atoms with E-state index in [1.165, 1.54) is 9.70 Å². The van der Waals surface area contributed by atoms with Crippen LogP contribution in [-0.2, 0) is 19.1 Å². The van der Waals surface area contributed by atoms with Crippen LogP contribution in [0.15, 0.2) is 66.7 Å². The number of ether oxygens (including phenoxy) is 1. The van der Waals surface area contributed by atoms with Crippen LogP contribution in [0, 0.1) is 5.92 Å². The number of nitrogens with one attached hydrogen (secondary N) is 2. The summed E-state index contributed by atoms with van der Waals surface area (Å²) in [6, 6.07) is 15.1. The third-order valence-electron chi connectivity index (χ3n) is 9.34. The molecule has 3 aromatic rings. The average molecular weight is 670 g/mol. The molecule has 1 saturated carbocycles. The standard InChI is InChI=1S/C36H43N7O6/c1-35(2,3)49-34(48)37-28-19-11-6-4-5-10-16-24-21-36(24,33(46)47)38-31(44)29-20-25(22-42(29)32(28)45)43-40-30(39-41-43)27-18-13-12-17-26(27)23-14-8-7-9-15-23/h7-10,12-18,24-25,28-29H,4-6,11,19-22H2,1-3H3,(H,37,48)(H,38,44)(H,46,47)/b16-10-/t24-,25-,28+,29+,36-/m1/s1. The van der Waals surface area contributed by atoms with E-state index in [-0.39, 0.29) is 25.3 Å². The van der Waals surface area contributed by atoms with Gasteiger partial charge < -0.3 is 25.4 Å². The van der Waals surface area contributed by atoms with E-state index in [2.05, 4.69) is 20.9 Å². The Labute approximate surface area is 285 Å². The molecule has 1 aromatic heterocycles. The highest BCUT2D eigenvalue weighted by Gasteiger charge is 2.61. The van der Waals surface area contributed by atoms with Gasteiger partial charge in [0, 0.05) is 24.4 Å². The molecule has 2 aromatic carbocycles. The Morgan fingerprint density at radius 3 is 2.49 bits per heavy atom. The Kier molecular flexibility index (Phi) is 9.53. The molecule has 0 unspecified atom stereocenters. The van der Waals surface area contributed by atoms with Gasteiger partial charge in [0.2, 0.25) is 17.6 Å². The number of hydrogen-bond donors (Lipinski definition) is 3. The van der Waals surface area contributed by atoms with Crippen molar-refractivity contribution >= 4 is 23.9 Å². The van der Waals surface area contributed by atoms with Crippen molar-refractivity contribution in [3.8, 4) is 22.5 Å². The number of benzene rings is 2. The minimum atomic E-state index is -1.44. The van der Waals surface area contributed by atoms with Crippen molar-refractivity contribution in [2.75, 3.05) is 6.54 Å². The van der Waals surface area contributed by atoms with E-state index in [1.807, 2.05) is 66.7 Å². The number of aromatic nitrogens is 4. The summed E-state index contributed by atoms with van der Waals surface area (Å²) in [6.45, 7) is 5.28. The fraction of sp³-hybridized carbons (Fsp3) is 0.472. The Hall–Kier alpha value is -5.07. The lowest BCUT2D eigenvalue weighted by Crippen LogP contribution is -2.56. The molecule has 3 N–H and O–H groups in total. The van der Waals surface area contributed by atoms with Crippen LogP contribution < -0.4 is 10.6 Å². The van der Waals surface area contributed by atoms with E-state index in [9.17, 15) is 24.3 Å². The van der Waals surface area contributed by atoms with Gasteiger partial charge in [-0.25, -0.2) is 9.59 Å². The third-order valence-corrected chi connectivity index (χ3v) is 9.34. The Morgan fingerprint density at radius 2 is 1.76 bits per heavy atom. The van der Waals surface area contributed by atoms with Gasteiger partial charge in [0.1, 0.15) is 23.2 Å². The number of carbonyl (C=O) groups is 4. The molecule has 1 aliphatic carbocycles. The second kappa shape index (κ2) is 13.8. The number of rotatable bonds is 5. The van der Waals surface area contributed by atoms with Gasteiger partial charge in [0.15, 0.2) is 0 Å². The normalized spacial score (nSPS) is 26.7. The number of amides is 3. The number of allylic oxidation sites excluding steroid dienone is 1. The van der Waals surface area contributed by atoms with Gasteiger partial charge in [-0.2, -0.15) is 4.80 Å². The predicted molar refractivity (Wildman–Crippen MR) is 180 cm³/mol. The van der Waals surface area contributed by atoms with Crippen LogP contribution in [0.4, 0.5) is 4.79 Å². The summed E-state index contributed by atoms with van der Waals surface area (Å²) in [7, 11) is 0. The lowest BCUT2D eigenvalue weighted by molar-refractivity contribution is -0.145. The zero-order valence-corrected chi connectivity index (χ0v) is 28.0. The molecule has 0 bridgehead atoms. The zero-order valence-electron chi connectivity index (χ0n) is 28.0. The molecule has 6 rings (SSSR count). The lowest BCUT2D eigenvalue weighted by Gasteiger charge is -2.30. The van der Waals surface area contributed by atoms with E-state index in [1.54, 1.807) is 20.8 Å². The van der Waals surface area contributed by atoms with E-state index in [0.29, 0.717) is 18.7 Å². The Bertz CT molecular complexity index is 1730. The highest BCUT2D eigenvalue weighted by Crippen LogP contribution is 2.45. The number of hydrogen-bond acceptors (Lipinski definition) is 8. The molecule has 49 heavy (non-hydrogen) atoms. The number of carboxylic acid groups (broad SMARTS) is 1. The van der Waals surface area contributed by atoms with Crippen LogP contribution in [0.3, 0.4) is 0 Å². The minimum absolute atomic E-state index is 0.0585. The monoisotopic (exact) mass is 669 g/mol. The first-order chi connectivity index (χ1) is 23.4. The van der Waals surface area contributed by atoms with Crippen molar-refractivity contribution in [2.45, 2.75) is 95.0 Å². The number of alkyl carbamates (subject to hydrolysis) is 1. The van der Waals surface area contributed by atoms with E-state index in [0.717, 1.165) is 36.0 Å². The largest absolute Gasteiger partial charge is 0.479 e. The predicted octanol–water partition coefficient (Wildman–Crippen LogP) is 4.52. The number of carboxylic acids is 1. The molecule has 3 aliphatic rings. The summed E-state index contributed by atoms with van der Waals surface area (Å²) in [5.41, 5.74) is 0.489. The van der Waals surface area contributed by atoms with E-state index in [4.69, 9.17) is 9.84 Å². The molecule has 13 nitrogen and oxygen atoms in total. The van der Waals surface area contributed by atoms with Gasteiger partial charge in [-0.15, -0.1) is 10.2 Å². The maximum absolute atomic E-state index is 14.3. The van der Waals surface area contributed by atoms with Crippen molar-refractivity contribution in [2.24, 2.45) is 5.92 Å². The highest BCUT2D eigenvalue weighted by atomic mass is 16.6. The van der Waals surface area contributed by atoms with Crippen LogP contribution in [0.1, 0.15) is 71.8 Å². The Morgan fingerprint density at radius 1 is 1.02 bits per heavy atom. The smallest absolute Gasteiger partial charge is 0.408 e. The van der Waals surface area contributed by atoms with Crippen molar-refractivity contribution in [1.29, 1.82) is 0 Å². The summed E-state index contributed by atoms with van der Waals surface area (Å²) >= 11 is 0. The quantitative estimate of drug-likeness (QED) is 0.331. The number of aliphatic carboxylic acids is 1. The highest BCUT2D eigenvalue weighted by molar-refractivity contribution is 5.96. The van der Waals surface area contributed by atoms with Gasteiger partial charge in [-0.3, -0.25) is 9.59 Å². The Balaban J connectivity index is 1.31. The van der Waals surface area contributed by atoms with Crippen molar-refractivity contribution < 1.29 is 29.0 Å². The van der Waals surface area contributed by atoms with Crippen LogP contribution in [-0.4, -0.2) is 83.9 Å². The van der Waals surface area contributed by atoms with Crippen LogP contribution in [0.25, 0.3) is 22.5 Å². The summed E-state index contributed by atoms with van der Waals surface area (Å²) in [6.07, 6.45) is 6.90. The van der Waals surface area contributed by atoms with Crippen LogP contribution in [0.5, 0.6) is 0 Å². The van der Waals surface area contributed by atoms with Crippen molar-refractivity contribution in [3.05, 3.63) is 66.7 Å². The molecule has 258 valence electrons. The number of fused-ring (bicyclic) bond motifs is 2. The van der Waals surface area contributed by atoms with Crippen LogP contribution in [0.2, 0.25) is 0 Å². The second-order valence-electron chi connectivity index (χ2n) is 14.1. The molecule has 3 amide bonds. The average Bonchev–Trinajstić information content (AvgIpc) is 3.37. The maximum atomic E-state index is 14.3. The van der Waals surface area contributed by atoms with E-state index < -0.39 is 53.1 Å². The molecule has 1 saturated heterocycles. The number of carbonyl (C=O) groups excluding carboxylic acids is 3. The maximum Gasteiger partial charge on any atom is 0.408 e. The molecule has 5 atom stereocenters. The third kappa shape index (κ3) is 7.50. The van der Waals surface area contributed by atoms with Crippen molar-refractivity contribution in [3.63, 3.8) is 0 Å². The summed E-state index contributed by atoms with van der Waals surface area (Å²) < 4.78 is 5.48. The van der Waals surface area contributed by atoms with Gasteiger partial charge >= 0.3 is 12.1 Å². The van der Waals surface area contributed by atoms with Gasteiger partial charge in [0.05, 0.1) is 6.04 Å². The minimum Gasteiger partial charge on any atom is -0.479 e. The lowest BCUT2D eigenvalue weighted by atomic mass is 9.99.